The van der Waals surface area contributed by atoms with Crippen molar-refractivity contribution in [3.05, 3.63) is 40.3 Å². The van der Waals surface area contributed by atoms with E-state index in [2.05, 4.69) is 4.98 Å². The van der Waals surface area contributed by atoms with Crippen molar-refractivity contribution >= 4 is 23.1 Å². The Kier molecular flexibility index (Phi) is 4.31. The summed E-state index contributed by atoms with van der Waals surface area (Å²) in [5, 5.41) is 10.2. The number of ether oxygens (including phenoxy) is 2. The lowest BCUT2D eigenvalue weighted by Gasteiger charge is -2.05. The van der Waals surface area contributed by atoms with Crippen LogP contribution in [0.1, 0.15) is 20.3 Å². The number of carbonyl (C=O) groups is 2. The summed E-state index contributed by atoms with van der Waals surface area (Å²) >= 11 is 0.986. The Balaban J connectivity index is 1.95. The van der Waals surface area contributed by atoms with Gasteiger partial charge in [0.1, 0.15) is 11.5 Å². The molecule has 0 saturated heterocycles. The molecule has 0 fully saturated rings. The number of carbonyl (C=O) groups excluding carboxylic acids is 1. The van der Waals surface area contributed by atoms with Gasteiger partial charge in [0, 0.05) is 5.38 Å². The number of nitrogens with zero attached hydrogens (tertiary/aromatic N) is 1. The fourth-order valence-electron chi connectivity index (χ4n) is 1.38. The van der Waals surface area contributed by atoms with E-state index in [9.17, 15) is 9.59 Å². The number of ketones is 1. The van der Waals surface area contributed by atoms with Crippen LogP contribution in [0.25, 0.3) is 0 Å². The van der Waals surface area contributed by atoms with E-state index >= 15 is 0 Å². The van der Waals surface area contributed by atoms with E-state index in [-0.39, 0.29) is 23.1 Å². The number of rotatable bonds is 6. The third kappa shape index (κ3) is 3.33. The lowest BCUT2D eigenvalue weighted by atomic mass is 10.3. The lowest BCUT2D eigenvalue weighted by Crippen LogP contribution is -2.11. The van der Waals surface area contributed by atoms with E-state index in [4.69, 9.17) is 14.6 Å². The van der Waals surface area contributed by atoms with Crippen molar-refractivity contribution in [2.45, 2.75) is 0 Å². The van der Waals surface area contributed by atoms with Crippen molar-refractivity contribution in [2.75, 3.05) is 13.7 Å². The molecule has 1 aromatic heterocycles. The van der Waals surface area contributed by atoms with E-state index in [1.165, 1.54) is 5.38 Å². The van der Waals surface area contributed by atoms with Crippen LogP contribution in [0.5, 0.6) is 11.5 Å². The van der Waals surface area contributed by atoms with E-state index < -0.39 is 5.97 Å². The molecule has 0 aliphatic carbocycles. The molecule has 0 saturated carbocycles. The van der Waals surface area contributed by atoms with Gasteiger partial charge in [-0.25, -0.2) is 9.78 Å². The molecular formula is C13H11NO5S. The molecular weight excluding hydrogens is 282 g/mol. The summed E-state index contributed by atoms with van der Waals surface area (Å²) in [7, 11) is 1.56. The van der Waals surface area contributed by atoms with Crippen molar-refractivity contribution in [3.8, 4) is 11.5 Å². The minimum atomic E-state index is -1.16. The van der Waals surface area contributed by atoms with Gasteiger partial charge in [-0.05, 0) is 24.3 Å². The van der Waals surface area contributed by atoms with Crippen molar-refractivity contribution in [2.24, 2.45) is 0 Å². The third-order valence-electron chi connectivity index (χ3n) is 2.39. The van der Waals surface area contributed by atoms with Crippen LogP contribution in [0.3, 0.4) is 0 Å². The quantitative estimate of drug-likeness (QED) is 0.821. The van der Waals surface area contributed by atoms with Gasteiger partial charge in [-0.3, -0.25) is 4.79 Å². The molecule has 0 spiro atoms. The van der Waals surface area contributed by atoms with E-state index in [1.54, 1.807) is 31.4 Å². The fourth-order valence-corrected chi connectivity index (χ4v) is 2.10. The molecule has 2 rings (SSSR count). The van der Waals surface area contributed by atoms with Crippen molar-refractivity contribution in [3.63, 3.8) is 0 Å². The predicted molar refractivity (Wildman–Crippen MR) is 71.9 cm³/mol. The molecule has 7 heteroatoms. The molecule has 1 aromatic carbocycles. The SMILES string of the molecule is COc1ccc(OCC(=O)c2nc(C(=O)O)cs2)cc1. The first-order valence-corrected chi connectivity index (χ1v) is 6.47. The summed E-state index contributed by atoms with van der Waals surface area (Å²) in [4.78, 5) is 26.2. The molecule has 1 N–H and O–H groups in total. The summed E-state index contributed by atoms with van der Waals surface area (Å²) in [6, 6.07) is 6.78. The van der Waals surface area contributed by atoms with E-state index in [0.29, 0.717) is 11.5 Å². The van der Waals surface area contributed by atoms with Gasteiger partial charge in [0.2, 0.25) is 5.78 Å². The highest BCUT2D eigenvalue weighted by Crippen LogP contribution is 2.17. The Morgan fingerprint density at radius 1 is 1.25 bits per heavy atom. The molecule has 0 aliphatic heterocycles. The Bertz CT molecular complexity index is 620. The second-order valence-corrected chi connectivity index (χ2v) is 4.59. The average molecular weight is 293 g/mol. The van der Waals surface area contributed by atoms with Crippen LogP contribution >= 0.6 is 11.3 Å². The number of hydrogen-bond acceptors (Lipinski definition) is 6. The monoisotopic (exact) mass is 293 g/mol. The molecule has 0 atom stereocenters. The standard InChI is InChI=1S/C13H11NO5S/c1-18-8-2-4-9(5-3-8)19-6-11(15)12-14-10(7-20-12)13(16)17/h2-5,7H,6H2,1H3,(H,16,17). The average Bonchev–Trinajstić information content (AvgIpc) is 2.95. The van der Waals surface area contributed by atoms with Gasteiger partial charge < -0.3 is 14.6 Å². The molecule has 6 nitrogen and oxygen atoms in total. The molecule has 0 amide bonds. The van der Waals surface area contributed by atoms with Crippen molar-refractivity contribution < 1.29 is 24.2 Å². The zero-order valence-electron chi connectivity index (χ0n) is 10.5. The highest BCUT2D eigenvalue weighted by atomic mass is 32.1. The molecule has 2 aromatic rings. The zero-order valence-corrected chi connectivity index (χ0v) is 11.3. The molecule has 0 radical (unpaired) electrons. The number of hydrogen-bond donors (Lipinski definition) is 1. The van der Waals surface area contributed by atoms with Crippen molar-refractivity contribution in [1.29, 1.82) is 0 Å². The summed E-state index contributed by atoms with van der Waals surface area (Å²) < 4.78 is 10.3. The van der Waals surface area contributed by atoms with Gasteiger partial charge in [-0.15, -0.1) is 11.3 Å². The van der Waals surface area contributed by atoms with Crippen LogP contribution < -0.4 is 9.47 Å². The summed E-state index contributed by atoms with van der Waals surface area (Å²) in [6.07, 6.45) is 0. The second-order valence-electron chi connectivity index (χ2n) is 3.73. The van der Waals surface area contributed by atoms with Gasteiger partial charge in [-0.2, -0.15) is 0 Å². The Morgan fingerprint density at radius 3 is 2.45 bits per heavy atom. The van der Waals surface area contributed by atoms with Gasteiger partial charge >= 0.3 is 5.97 Å². The van der Waals surface area contributed by atoms with E-state index in [0.717, 1.165) is 11.3 Å². The number of carboxylic acids is 1. The maximum absolute atomic E-state index is 11.8. The first-order valence-electron chi connectivity index (χ1n) is 5.59. The van der Waals surface area contributed by atoms with Crippen LogP contribution in [0.15, 0.2) is 29.6 Å². The van der Waals surface area contributed by atoms with Crippen LogP contribution in [0.4, 0.5) is 0 Å². The lowest BCUT2D eigenvalue weighted by molar-refractivity contribution is 0.0691. The van der Waals surface area contributed by atoms with Gasteiger partial charge in [0.25, 0.3) is 0 Å². The number of Topliss-reactive ketones (excluding diaryl/α,β-unsaturated/α-hetero) is 1. The zero-order chi connectivity index (χ0) is 14.5. The van der Waals surface area contributed by atoms with E-state index in [1.807, 2.05) is 0 Å². The van der Waals surface area contributed by atoms with Crippen molar-refractivity contribution in [1.82, 2.24) is 4.98 Å². The number of aromatic carboxylic acids is 1. The van der Waals surface area contributed by atoms with Crippen LogP contribution in [-0.2, 0) is 0 Å². The molecule has 0 aliphatic rings. The summed E-state index contributed by atoms with van der Waals surface area (Å²) in [5.41, 5.74) is -0.136. The minimum absolute atomic E-state index is 0.121. The molecule has 0 unspecified atom stereocenters. The normalized spacial score (nSPS) is 10.1. The Labute approximate surface area is 118 Å². The number of carboxylic acid groups (broad SMARTS) is 1. The van der Waals surface area contributed by atoms with Gasteiger partial charge in [-0.1, -0.05) is 0 Å². The highest BCUT2D eigenvalue weighted by molar-refractivity contribution is 7.12. The minimum Gasteiger partial charge on any atom is -0.497 e. The number of methoxy groups -OCH3 is 1. The topological polar surface area (TPSA) is 85.7 Å². The maximum Gasteiger partial charge on any atom is 0.355 e. The summed E-state index contributed by atoms with van der Waals surface area (Å²) in [6.45, 7) is -0.196. The molecule has 20 heavy (non-hydrogen) atoms. The molecule has 104 valence electrons. The predicted octanol–water partition coefficient (Wildman–Crippen LogP) is 2.11. The van der Waals surface area contributed by atoms with Crippen LogP contribution in [-0.4, -0.2) is 35.6 Å². The van der Waals surface area contributed by atoms with Gasteiger partial charge in [0.05, 0.1) is 7.11 Å². The smallest absolute Gasteiger partial charge is 0.355 e. The highest BCUT2D eigenvalue weighted by Gasteiger charge is 2.15. The second kappa shape index (κ2) is 6.16. The first-order chi connectivity index (χ1) is 9.60. The van der Waals surface area contributed by atoms with Crippen LogP contribution in [0.2, 0.25) is 0 Å². The Morgan fingerprint density at radius 2 is 1.90 bits per heavy atom. The molecule has 1 heterocycles. The maximum atomic E-state index is 11.8. The Hall–Kier alpha value is -2.41. The first kappa shape index (κ1) is 14.0. The number of benzene rings is 1. The number of aromatic nitrogens is 1. The van der Waals surface area contributed by atoms with Gasteiger partial charge in [0.15, 0.2) is 17.3 Å². The largest absolute Gasteiger partial charge is 0.497 e. The summed E-state index contributed by atoms with van der Waals surface area (Å²) in [5.74, 6) is -0.307. The third-order valence-corrected chi connectivity index (χ3v) is 3.27. The van der Waals surface area contributed by atoms with Crippen LogP contribution in [0, 0.1) is 0 Å². The number of thiazole rings is 1. The molecule has 0 bridgehead atoms. The fraction of sp³-hybridized carbons (Fsp3) is 0.154.